The Morgan fingerprint density at radius 1 is 1.43 bits per heavy atom. The van der Waals surface area contributed by atoms with Crippen LogP contribution in [0.4, 0.5) is 11.4 Å². The van der Waals surface area contributed by atoms with Crippen LogP contribution >= 0.6 is 0 Å². The minimum Gasteiger partial charge on any atom is -0.353 e. The van der Waals surface area contributed by atoms with Crippen molar-refractivity contribution in [2.45, 2.75) is 0 Å². The first-order valence-electron chi connectivity index (χ1n) is 4.39. The molecule has 0 saturated heterocycles. The van der Waals surface area contributed by atoms with Crippen LogP contribution in [0.15, 0.2) is 24.3 Å². The van der Waals surface area contributed by atoms with E-state index < -0.39 is 0 Å². The zero-order valence-electron chi connectivity index (χ0n) is 7.56. The zero-order chi connectivity index (χ0) is 9.97. The molecule has 14 heavy (non-hydrogen) atoms. The van der Waals surface area contributed by atoms with Gasteiger partial charge in [-0.1, -0.05) is 12.1 Å². The van der Waals surface area contributed by atoms with Crippen molar-refractivity contribution in [2.75, 3.05) is 23.3 Å². The molecule has 0 aliphatic carbocycles. The summed E-state index contributed by atoms with van der Waals surface area (Å²) >= 11 is 0. The van der Waals surface area contributed by atoms with Gasteiger partial charge in [0.15, 0.2) is 0 Å². The molecule has 0 spiro atoms. The number of aldehydes is 1. The average Bonchev–Trinajstić information content (AvgIpc) is 2.18. The number of para-hydroxylation sites is 2. The lowest BCUT2D eigenvalue weighted by Crippen LogP contribution is -2.39. The highest BCUT2D eigenvalue weighted by Crippen LogP contribution is 2.27. The molecule has 1 aliphatic rings. The summed E-state index contributed by atoms with van der Waals surface area (Å²) in [5.74, 6) is -0.0782. The molecule has 4 nitrogen and oxygen atoms in total. The molecule has 0 unspecified atom stereocenters. The number of nitrogens with one attached hydrogen (secondary N) is 1. The minimum atomic E-state index is -0.0782. The standard InChI is InChI=1S/C10H10N2O2/c13-6-5-12-7-10(14)11-8-3-1-2-4-9(8)12/h1-4,6H,5,7H2,(H,11,14). The number of carbonyl (C=O) groups excluding carboxylic acids is 2. The SMILES string of the molecule is O=CCN1CC(=O)Nc2ccccc21. The molecule has 1 N–H and O–H groups in total. The van der Waals surface area contributed by atoms with E-state index in [1.165, 1.54) is 0 Å². The molecule has 0 fully saturated rings. The fourth-order valence-corrected chi connectivity index (χ4v) is 1.56. The molecule has 0 atom stereocenters. The third kappa shape index (κ3) is 1.46. The topological polar surface area (TPSA) is 49.4 Å². The normalized spacial score (nSPS) is 14.6. The Hall–Kier alpha value is -1.84. The maximum absolute atomic E-state index is 11.2. The molecular formula is C10H10N2O2. The van der Waals surface area contributed by atoms with E-state index in [1.54, 1.807) is 4.90 Å². The van der Waals surface area contributed by atoms with Crippen molar-refractivity contribution in [3.05, 3.63) is 24.3 Å². The highest BCUT2D eigenvalue weighted by molar-refractivity contribution is 6.01. The monoisotopic (exact) mass is 190 g/mol. The van der Waals surface area contributed by atoms with Crippen LogP contribution < -0.4 is 10.2 Å². The van der Waals surface area contributed by atoms with Gasteiger partial charge >= 0.3 is 0 Å². The number of amides is 1. The van der Waals surface area contributed by atoms with Gasteiger partial charge in [-0.25, -0.2) is 0 Å². The van der Waals surface area contributed by atoms with Gasteiger partial charge in [0, 0.05) is 0 Å². The molecule has 0 radical (unpaired) electrons. The second-order valence-electron chi connectivity index (χ2n) is 3.11. The van der Waals surface area contributed by atoms with Crippen LogP contribution in [0.3, 0.4) is 0 Å². The first-order valence-corrected chi connectivity index (χ1v) is 4.39. The number of nitrogens with zero attached hydrogens (tertiary/aromatic N) is 1. The molecule has 1 aromatic carbocycles. The van der Waals surface area contributed by atoms with Crippen LogP contribution in [-0.2, 0) is 9.59 Å². The number of anilines is 2. The average molecular weight is 190 g/mol. The summed E-state index contributed by atoms with van der Waals surface area (Å²) in [7, 11) is 0. The maximum Gasteiger partial charge on any atom is 0.243 e. The molecule has 0 bridgehead atoms. The molecule has 0 saturated carbocycles. The summed E-state index contributed by atoms with van der Waals surface area (Å²) in [4.78, 5) is 23.4. The Bertz CT molecular complexity index is 376. The summed E-state index contributed by atoms with van der Waals surface area (Å²) in [6, 6.07) is 7.44. The summed E-state index contributed by atoms with van der Waals surface area (Å²) in [6.07, 6.45) is 0.801. The van der Waals surface area contributed by atoms with Gasteiger partial charge in [-0.05, 0) is 12.1 Å². The molecule has 1 aliphatic heterocycles. The third-order valence-corrected chi connectivity index (χ3v) is 2.15. The van der Waals surface area contributed by atoms with Crippen molar-refractivity contribution in [3.8, 4) is 0 Å². The Morgan fingerprint density at radius 2 is 2.21 bits per heavy atom. The molecule has 0 aromatic heterocycles. The lowest BCUT2D eigenvalue weighted by molar-refractivity contribution is -0.115. The van der Waals surface area contributed by atoms with E-state index in [-0.39, 0.29) is 19.0 Å². The van der Waals surface area contributed by atoms with Crippen molar-refractivity contribution in [1.82, 2.24) is 0 Å². The molecular weight excluding hydrogens is 180 g/mol. The number of carbonyl (C=O) groups is 2. The fraction of sp³-hybridized carbons (Fsp3) is 0.200. The molecule has 1 amide bonds. The predicted octanol–water partition coefficient (Wildman–Crippen LogP) is 0.644. The van der Waals surface area contributed by atoms with Crippen LogP contribution in [0, 0.1) is 0 Å². The summed E-state index contributed by atoms with van der Waals surface area (Å²) in [5, 5.41) is 2.75. The Kier molecular flexibility index (Phi) is 2.18. The molecule has 4 heteroatoms. The van der Waals surface area contributed by atoms with Gasteiger partial charge in [0.2, 0.25) is 5.91 Å². The largest absolute Gasteiger partial charge is 0.353 e. The highest BCUT2D eigenvalue weighted by atomic mass is 16.2. The van der Waals surface area contributed by atoms with E-state index in [9.17, 15) is 9.59 Å². The van der Waals surface area contributed by atoms with Crippen molar-refractivity contribution >= 4 is 23.6 Å². The number of fused-ring (bicyclic) bond motifs is 1. The van der Waals surface area contributed by atoms with E-state index in [0.717, 1.165) is 17.7 Å². The van der Waals surface area contributed by atoms with Crippen molar-refractivity contribution < 1.29 is 9.59 Å². The maximum atomic E-state index is 11.2. The number of rotatable bonds is 2. The second-order valence-corrected chi connectivity index (χ2v) is 3.11. The summed E-state index contributed by atoms with van der Waals surface area (Å²) in [6.45, 7) is 0.500. The second kappa shape index (κ2) is 3.49. The van der Waals surface area contributed by atoms with Crippen molar-refractivity contribution in [2.24, 2.45) is 0 Å². The van der Waals surface area contributed by atoms with Gasteiger partial charge in [0.1, 0.15) is 6.29 Å². The van der Waals surface area contributed by atoms with E-state index >= 15 is 0 Å². The van der Waals surface area contributed by atoms with Crippen LogP contribution in [0.25, 0.3) is 0 Å². The molecule has 1 heterocycles. The van der Waals surface area contributed by atoms with Crippen LogP contribution in [0.1, 0.15) is 0 Å². The van der Waals surface area contributed by atoms with Gasteiger partial charge in [0.05, 0.1) is 24.5 Å². The first-order chi connectivity index (χ1) is 6.81. The van der Waals surface area contributed by atoms with Crippen LogP contribution in [0.2, 0.25) is 0 Å². The molecule has 2 rings (SSSR count). The van der Waals surface area contributed by atoms with Crippen LogP contribution in [0.5, 0.6) is 0 Å². The smallest absolute Gasteiger partial charge is 0.243 e. The summed E-state index contributed by atoms with van der Waals surface area (Å²) < 4.78 is 0. The molecule has 1 aromatic rings. The number of benzene rings is 1. The van der Waals surface area contributed by atoms with Gasteiger partial charge < -0.3 is 15.0 Å². The fourth-order valence-electron chi connectivity index (χ4n) is 1.56. The van der Waals surface area contributed by atoms with Gasteiger partial charge in [0.25, 0.3) is 0 Å². The number of hydrogen-bond donors (Lipinski definition) is 1. The van der Waals surface area contributed by atoms with Gasteiger partial charge in [-0.2, -0.15) is 0 Å². The lowest BCUT2D eigenvalue weighted by atomic mass is 10.2. The van der Waals surface area contributed by atoms with Crippen molar-refractivity contribution in [3.63, 3.8) is 0 Å². The van der Waals surface area contributed by atoms with E-state index in [2.05, 4.69) is 5.32 Å². The van der Waals surface area contributed by atoms with Gasteiger partial charge in [-0.15, -0.1) is 0 Å². The minimum absolute atomic E-state index is 0.0782. The number of hydrogen-bond acceptors (Lipinski definition) is 3. The van der Waals surface area contributed by atoms with Gasteiger partial charge in [-0.3, -0.25) is 4.79 Å². The zero-order valence-corrected chi connectivity index (χ0v) is 7.56. The summed E-state index contributed by atoms with van der Waals surface area (Å²) in [5.41, 5.74) is 1.67. The Morgan fingerprint density at radius 3 is 3.00 bits per heavy atom. The van der Waals surface area contributed by atoms with E-state index in [0.29, 0.717) is 0 Å². The highest BCUT2D eigenvalue weighted by Gasteiger charge is 2.20. The Labute approximate surface area is 81.5 Å². The first kappa shape index (κ1) is 8.74. The van der Waals surface area contributed by atoms with Crippen molar-refractivity contribution in [1.29, 1.82) is 0 Å². The molecule has 72 valence electrons. The predicted molar refractivity (Wildman–Crippen MR) is 53.3 cm³/mol. The van der Waals surface area contributed by atoms with E-state index in [4.69, 9.17) is 0 Å². The van der Waals surface area contributed by atoms with E-state index in [1.807, 2.05) is 24.3 Å². The van der Waals surface area contributed by atoms with Crippen LogP contribution in [-0.4, -0.2) is 25.3 Å². The quantitative estimate of drug-likeness (QED) is 0.696. The third-order valence-electron chi connectivity index (χ3n) is 2.15. The Balaban J connectivity index is 2.37. The lowest BCUT2D eigenvalue weighted by Gasteiger charge is -2.28.